The first-order valence-electron chi connectivity index (χ1n) is 40.7. The molecule has 0 N–H and O–H groups in total. The molecule has 16 heterocycles. The van der Waals surface area contributed by atoms with Crippen molar-refractivity contribution in [2.75, 3.05) is 0 Å². The Morgan fingerprint density at radius 3 is 1.10 bits per heavy atom. The van der Waals surface area contributed by atoms with Crippen LogP contribution in [0.4, 0.5) is 0 Å². The Balaban J connectivity index is 0.000000123. The van der Waals surface area contributed by atoms with E-state index in [1.165, 1.54) is 33.9 Å². The number of rotatable bonds is 8. The molecule has 546 valence electrons. The lowest BCUT2D eigenvalue weighted by molar-refractivity contribution is -0.685. The SMILES string of the molecule is Cc1cc(-c2cn3c4ccccc4nc3n2C)[n+](C)c(-c2cccc[n+]2C)c1.Cn1c(-c2cccc(-c3cccc[n+]3C)[n+]2C)cn2c3ccccc3nc12.[2H]C([2H])([2H])c1cc(-c2cc(C)cc(-c3cn4c(C)c(C([2H])([2H])[2H])nc4n3C)[n+]2C)[n+](C)cc1C.[2H]C([2H])([2H])c1nc2n(C)c(-c3cccc(-c4ccc(C)c[n+]4C)[n+]3C)cn2c1C. The van der Waals surface area contributed by atoms with Crippen LogP contribution < -0.4 is 36.5 Å². The lowest BCUT2D eigenvalue weighted by Crippen LogP contribution is -2.40. The molecular formula is C89H98N20+8. The van der Waals surface area contributed by atoms with Crippen LogP contribution in [0.15, 0.2) is 213 Å². The van der Waals surface area contributed by atoms with Gasteiger partial charge in [-0.2, -0.15) is 36.5 Å². The maximum Gasteiger partial charge on any atom is 0.277 e. The fraction of sp³-hybridized carbons (Fsp3) is 0.236. The normalized spacial score (nSPS) is 13.1. The zero-order valence-electron chi connectivity index (χ0n) is 74.2. The molecule has 0 spiro atoms. The Bertz CT molecular complexity index is 7030. The second-order valence-corrected chi connectivity index (χ2v) is 28.7. The number of hydrogen-bond donors (Lipinski definition) is 0. The molecule has 18 aromatic rings. The molecule has 0 aliphatic carbocycles. The number of hydrogen-bond acceptors (Lipinski definition) is 4. The van der Waals surface area contributed by atoms with Gasteiger partial charge in [-0.25, -0.2) is 19.9 Å². The molecule has 0 aliphatic rings. The number of nitrogens with zero attached hydrogens (tertiary/aromatic N) is 20. The van der Waals surface area contributed by atoms with Crippen LogP contribution in [0.2, 0.25) is 0 Å². The lowest BCUT2D eigenvalue weighted by atomic mass is 10.1. The van der Waals surface area contributed by atoms with Gasteiger partial charge in [0.15, 0.2) is 24.8 Å². The Morgan fingerprint density at radius 2 is 0.661 bits per heavy atom. The summed E-state index contributed by atoms with van der Waals surface area (Å²) in [6.07, 6.45) is 16.3. The number of benzene rings is 2. The van der Waals surface area contributed by atoms with Crippen LogP contribution in [-0.4, -0.2) is 55.8 Å². The molecule has 20 heteroatoms. The molecule has 0 saturated carbocycles. The van der Waals surface area contributed by atoms with Crippen molar-refractivity contribution in [1.82, 2.24) is 55.8 Å². The lowest BCUT2D eigenvalue weighted by Gasteiger charge is -2.08. The summed E-state index contributed by atoms with van der Waals surface area (Å²) in [5, 5.41) is 0. The van der Waals surface area contributed by atoms with E-state index in [2.05, 4.69) is 270 Å². The highest BCUT2D eigenvalue weighted by atomic mass is 15.2. The zero-order valence-corrected chi connectivity index (χ0v) is 65.2. The minimum atomic E-state index is -2.28. The van der Waals surface area contributed by atoms with E-state index in [-0.39, 0.29) is 11.4 Å². The maximum atomic E-state index is 7.93. The van der Waals surface area contributed by atoms with E-state index < -0.39 is 20.6 Å². The number of pyridine rings is 8. The molecule has 0 bridgehead atoms. The maximum absolute atomic E-state index is 7.93. The number of aryl methyl sites for hydroxylation is 17. The van der Waals surface area contributed by atoms with Crippen LogP contribution in [0.1, 0.15) is 62.9 Å². The second kappa shape index (κ2) is 28.1. The fourth-order valence-electron chi connectivity index (χ4n) is 15.2. The van der Waals surface area contributed by atoms with Crippen molar-refractivity contribution in [3.05, 3.63) is 264 Å². The Morgan fingerprint density at radius 1 is 0.294 bits per heavy atom. The van der Waals surface area contributed by atoms with Crippen molar-refractivity contribution in [3.8, 4) is 91.1 Å². The molecule has 0 saturated heterocycles. The first-order valence-corrected chi connectivity index (χ1v) is 36.2. The summed E-state index contributed by atoms with van der Waals surface area (Å²) in [5.74, 6) is 3.06. The van der Waals surface area contributed by atoms with Gasteiger partial charge in [0.2, 0.25) is 45.9 Å². The Hall–Kier alpha value is -12.8. The predicted octanol–water partition coefficient (Wildman–Crippen LogP) is 11.7. The van der Waals surface area contributed by atoms with Crippen LogP contribution >= 0.6 is 0 Å². The van der Waals surface area contributed by atoms with Gasteiger partial charge in [-0.3, -0.25) is 17.6 Å². The van der Waals surface area contributed by atoms with Crippen LogP contribution in [0, 0.1) is 62.1 Å². The summed E-state index contributed by atoms with van der Waals surface area (Å²) in [4.78, 5) is 18.4. The van der Waals surface area contributed by atoms with Gasteiger partial charge < -0.3 is 18.3 Å². The Kier molecular flexibility index (Phi) is 15.8. The van der Waals surface area contributed by atoms with E-state index in [1.54, 1.807) is 24.3 Å². The van der Waals surface area contributed by atoms with Crippen molar-refractivity contribution in [1.29, 1.82) is 0 Å². The van der Waals surface area contributed by atoms with E-state index in [1.807, 2.05) is 128 Å². The van der Waals surface area contributed by atoms with Crippen molar-refractivity contribution in [2.24, 2.45) is 84.6 Å². The highest BCUT2D eigenvalue weighted by Crippen LogP contribution is 2.31. The van der Waals surface area contributed by atoms with Crippen molar-refractivity contribution < 1.29 is 48.9 Å². The van der Waals surface area contributed by atoms with Crippen molar-refractivity contribution in [2.45, 2.75) is 62.1 Å². The summed E-state index contributed by atoms with van der Waals surface area (Å²) in [7, 11) is 24.3. The smallest absolute Gasteiger partial charge is 0.277 e. The van der Waals surface area contributed by atoms with Crippen LogP contribution in [0.25, 0.3) is 136 Å². The van der Waals surface area contributed by atoms with Gasteiger partial charge in [0, 0.05) is 173 Å². The monoisotopic (exact) mass is 1460 g/mol. The zero-order chi connectivity index (χ0) is 84.4. The van der Waals surface area contributed by atoms with Crippen molar-refractivity contribution in [3.63, 3.8) is 0 Å². The first kappa shape index (κ1) is 61.3. The quantitative estimate of drug-likeness (QED) is 0.141. The third-order valence-electron chi connectivity index (χ3n) is 21.4. The standard InChI is InChI=1S/C23H23N5.C23H29N5.C22H21N5.C21H25N5/c1-16-13-20(19-11-7-8-12-25(19)2)26(3)21(14-16)22-15-28-18-10-6-5-9-17(18)24-23(28)27(22)4;1-14-9-20(19-11-15(2)16(3)12-25(19)6)26(7)21(10-14)22-13-28-18(5)17(4)24-23(28)27(22)8;1-24-14-7-6-11-18(24)19-12-8-13-20(25(19)2)21-15-27-17-10-5-4-9-16(17)23-22(27)26(21)3;1-14-10-11-17(23(4)12-14)18-8-7-9-19(24(18)5)20-13-26-16(3)15(2)22-21(26)25(20)6/h5-15H,1-4H3;9-13H,1-8H3;4-15H,1-3H3;7-13H,1-6H3/q4*+2/i;2D3,4D3;;2D3. The van der Waals surface area contributed by atoms with Gasteiger partial charge >= 0.3 is 0 Å². The summed E-state index contributed by atoms with van der Waals surface area (Å²) < 4.78 is 103. The summed E-state index contributed by atoms with van der Waals surface area (Å²) in [6.45, 7) is 4.89. The molecule has 20 nitrogen and oxygen atoms in total. The van der Waals surface area contributed by atoms with E-state index >= 15 is 0 Å². The molecule has 18 rings (SSSR count). The van der Waals surface area contributed by atoms with Crippen LogP contribution in [-0.2, 0) is 84.6 Å². The molecule has 0 atom stereocenters. The third kappa shape index (κ3) is 12.6. The number of imidazole rings is 8. The highest BCUT2D eigenvalue weighted by Gasteiger charge is 2.32. The summed E-state index contributed by atoms with van der Waals surface area (Å²) in [6, 6.07) is 56.2. The molecule has 0 radical (unpaired) electrons. The van der Waals surface area contributed by atoms with Crippen LogP contribution in [0.5, 0.6) is 0 Å². The molecule has 0 fully saturated rings. The molecule has 0 aliphatic heterocycles. The molecule has 109 heavy (non-hydrogen) atoms. The number of aromatic nitrogens is 20. The number of para-hydroxylation sites is 4. The van der Waals surface area contributed by atoms with Gasteiger partial charge in [-0.1, -0.05) is 24.3 Å². The minimum Gasteiger partial charge on any atom is -0.308 e. The first-order chi connectivity index (χ1) is 55.9. The highest BCUT2D eigenvalue weighted by molar-refractivity contribution is 5.82. The number of fused-ring (bicyclic) bond motifs is 8. The topological polar surface area (TPSA) is 120 Å². The van der Waals surface area contributed by atoms with Gasteiger partial charge in [-0.15, -0.1) is 0 Å². The summed E-state index contributed by atoms with van der Waals surface area (Å²) >= 11 is 0. The summed E-state index contributed by atoms with van der Waals surface area (Å²) in [5.41, 5.74) is 27.1. The minimum absolute atomic E-state index is 0.0998. The average molecular weight is 1460 g/mol. The van der Waals surface area contributed by atoms with Gasteiger partial charge in [-0.05, 0) is 133 Å². The Labute approximate surface area is 648 Å². The van der Waals surface area contributed by atoms with E-state index in [0.29, 0.717) is 34.1 Å². The largest absolute Gasteiger partial charge is 0.308 e. The van der Waals surface area contributed by atoms with E-state index in [9.17, 15) is 0 Å². The van der Waals surface area contributed by atoms with Gasteiger partial charge in [0.25, 0.3) is 45.6 Å². The average Bonchev–Trinajstić information content (AvgIpc) is 1.59. The third-order valence-corrected chi connectivity index (χ3v) is 21.4. The predicted molar refractivity (Wildman–Crippen MR) is 427 cm³/mol. The van der Waals surface area contributed by atoms with Gasteiger partial charge in [0.1, 0.15) is 79.2 Å². The fourth-order valence-corrected chi connectivity index (χ4v) is 15.2. The molecular weight excluding hydrogens is 1350 g/mol. The molecule has 2 aromatic carbocycles. The van der Waals surface area contributed by atoms with Gasteiger partial charge in [0.05, 0.1) is 33.5 Å². The van der Waals surface area contributed by atoms with Crippen molar-refractivity contribution >= 4 is 45.2 Å². The molecule has 0 amide bonds. The second-order valence-electron chi connectivity index (χ2n) is 28.7. The molecule has 0 unspecified atom stereocenters. The van der Waals surface area contributed by atoms with Crippen LogP contribution in [0.3, 0.4) is 0 Å². The van der Waals surface area contributed by atoms with E-state index in [4.69, 9.17) is 22.3 Å². The molecule has 16 aromatic heterocycles. The van der Waals surface area contributed by atoms with E-state index in [0.717, 1.165) is 108 Å².